The molecule has 23 heteroatoms. The number of hydrogen-bond acceptors (Lipinski definition) is 15. The molecule has 9 N–H and O–H groups in total. The summed E-state index contributed by atoms with van der Waals surface area (Å²) in [4.78, 5) is -3.96. The first kappa shape index (κ1) is 35.2. The van der Waals surface area contributed by atoms with Crippen LogP contribution in [0.25, 0.3) is 21.5 Å². The number of nitrogens with two attached hydrogens (primary N) is 2. The molecule has 0 aromatic heterocycles. The van der Waals surface area contributed by atoms with Crippen molar-refractivity contribution in [2.24, 2.45) is 20.5 Å². The molecule has 0 bridgehead atoms. The summed E-state index contributed by atoms with van der Waals surface area (Å²) in [6.45, 7) is 0. The Morgan fingerprint density at radius 2 is 1.12 bits per heavy atom. The first-order valence-corrected chi connectivity index (χ1v) is 18.6. The van der Waals surface area contributed by atoms with Crippen LogP contribution in [0.1, 0.15) is 0 Å². The molecule has 0 aliphatic heterocycles. The van der Waals surface area contributed by atoms with Crippen LogP contribution in [0.2, 0.25) is 0 Å². The molecule has 0 saturated carbocycles. The molecule has 0 saturated heterocycles. The Morgan fingerprint density at radius 3 is 1.73 bits per heavy atom. The molecule has 5 rings (SSSR count). The van der Waals surface area contributed by atoms with Crippen molar-refractivity contribution in [3.63, 3.8) is 0 Å². The lowest BCUT2D eigenvalue weighted by Crippen LogP contribution is -2.04. The predicted molar refractivity (Wildman–Crippen MR) is 172 cm³/mol. The van der Waals surface area contributed by atoms with Crippen LogP contribution in [-0.4, -0.2) is 57.0 Å². The van der Waals surface area contributed by atoms with E-state index in [0.29, 0.717) is 17.5 Å². The van der Waals surface area contributed by atoms with Gasteiger partial charge >= 0.3 is 0 Å². The zero-order valence-electron chi connectivity index (χ0n) is 23.9. The molecule has 0 spiro atoms. The highest BCUT2D eigenvalue weighted by molar-refractivity contribution is 7.87. The van der Waals surface area contributed by atoms with Crippen molar-refractivity contribution in [2.45, 2.75) is 19.6 Å². The number of nitrogens with zero attached hydrogens (tertiary/aromatic N) is 4. The Bertz CT molecular complexity index is 2750. The van der Waals surface area contributed by atoms with Gasteiger partial charge in [0, 0.05) is 16.5 Å². The smallest absolute Gasteiger partial charge is 0.297 e. The summed E-state index contributed by atoms with van der Waals surface area (Å²) in [7, 11) is -20.6. The van der Waals surface area contributed by atoms with Gasteiger partial charge in [0.05, 0.1) is 11.1 Å². The van der Waals surface area contributed by atoms with Crippen molar-refractivity contribution < 1.29 is 57.0 Å². The van der Waals surface area contributed by atoms with E-state index in [1.807, 2.05) is 0 Å². The van der Waals surface area contributed by atoms with Crippen LogP contribution in [-0.2, 0) is 40.5 Å². The second kappa shape index (κ2) is 12.1. The van der Waals surface area contributed by atoms with Crippen molar-refractivity contribution in [2.75, 3.05) is 11.5 Å². The number of anilines is 2. The molecule has 0 atom stereocenters. The summed E-state index contributed by atoms with van der Waals surface area (Å²) >= 11 is 0. The zero-order valence-corrected chi connectivity index (χ0v) is 27.2. The number of benzene rings is 5. The lowest BCUT2D eigenvalue weighted by molar-refractivity contribution is 0.471. The van der Waals surface area contributed by atoms with Gasteiger partial charge in [-0.2, -0.15) is 33.7 Å². The standard InChI is InChI=1S/C26H20N6O13S4/c27-13-6-8-19(46(34,35)36)17(9-13)30-31-18-11-20(47(37,38)39)15-10-21(48(40,41)42)24(25(33)22(15)23(18)28)32-29-16-7-5-12-3-1-2-4-14(12)26(16)49(43,44)45/h1-11,33H,27-28H2,(H,34,35,36)(H,37,38,39)(H,40,41,42)(H,43,44,45). The van der Waals surface area contributed by atoms with Crippen molar-refractivity contribution in [1.29, 1.82) is 0 Å². The van der Waals surface area contributed by atoms with Gasteiger partial charge in [0.1, 0.15) is 42.3 Å². The SMILES string of the molecule is Nc1ccc(S(=O)(=O)O)c(N=Nc2cc(S(=O)(=O)O)c3cc(S(=O)(=O)O)c(N=Nc4ccc5ccccc5c4S(=O)(=O)O)c(O)c3c2N)c1. The third kappa shape index (κ3) is 6.90. The Morgan fingerprint density at radius 1 is 0.531 bits per heavy atom. The molecule has 0 unspecified atom stereocenters. The summed E-state index contributed by atoms with van der Waals surface area (Å²) in [5, 5.41) is 24.7. The minimum Gasteiger partial charge on any atom is -0.505 e. The van der Waals surface area contributed by atoms with Gasteiger partial charge < -0.3 is 16.6 Å². The van der Waals surface area contributed by atoms with Gasteiger partial charge in [0.25, 0.3) is 40.5 Å². The van der Waals surface area contributed by atoms with Crippen molar-refractivity contribution in [3.05, 3.63) is 66.7 Å². The summed E-state index contributed by atoms with van der Waals surface area (Å²) < 4.78 is 137. The molecule has 19 nitrogen and oxygen atoms in total. The van der Waals surface area contributed by atoms with Crippen LogP contribution in [0.4, 0.5) is 34.1 Å². The average molecular weight is 753 g/mol. The normalized spacial score (nSPS) is 13.2. The molecule has 0 heterocycles. The van der Waals surface area contributed by atoms with Gasteiger partial charge in [-0.1, -0.05) is 30.3 Å². The van der Waals surface area contributed by atoms with Gasteiger partial charge in [-0.25, -0.2) is 0 Å². The van der Waals surface area contributed by atoms with Crippen molar-refractivity contribution >= 4 is 96.1 Å². The number of azo groups is 2. The van der Waals surface area contributed by atoms with Crippen LogP contribution in [0.3, 0.4) is 0 Å². The van der Waals surface area contributed by atoms with Gasteiger partial charge in [0.2, 0.25) is 0 Å². The fourth-order valence-electron chi connectivity index (χ4n) is 4.72. The predicted octanol–water partition coefficient (Wildman–Crippen LogP) is 4.68. The minimum atomic E-state index is -5.41. The summed E-state index contributed by atoms with van der Waals surface area (Å²) in [6, 6.07) is 12.3. The van der Waals surface area contributed by atoms with E-state index < -0.39 is 105 Å². The molecule has 49 heavy (non-hydrogen) atoms. The van der Waals surface area contributed by atoms with E-state index in [-0.39, 0.29) is 11.1 Å². The van der Waals surface area contributed by atoms with Crippen molar-refractivity contribution in [1.82, 2.24) is 0 Å². The molecule has 0 aliphatic rings. The second-order valence-corrected chi connectivity index (χ2v) is 15.5. The fourth-order valence-corrected chi connectivity index (χ4v) is 7.51. The molecule has 5 aromatic carbocycles. The Balaban J connectivity index is 1.83. The van der Waals surface area contributed by atoms with Crippen molar-refractivity contribution in [3.8, 4) is 5.75 Å². The van der Waals surface area contributed by atoms with Gasteiger partial charge in [-0.05, 0) is 41.8 Å². The van der Waals surface area contributed by atoms with Gasteiger partial charge in [0.15, 0.2) is 5.75 Å². The third-order valence-corrected chi connectivity index (χ3v) is 10.4. The topological polar surface area (TPSA) is 339 Å². The lowest BCUT2D eigenvalue weighted by Gasteiger charge is -2.14. The Kier molecular flexibility index (Phi) is 8.67. The minimum absolute atomic E-state index is 0.0199. The van der Waals surface area contributed by atoms with E-state index in [9.17, 15) is 57.0 Å². The van der Waals surface area contributed by atoms with Gasteiger partial charge in [-0.15, -0.1) is 20.5 Å². The Hall–Kier alpha value is -5.14. The third-order valence-electron chi connectivity index (χ3n) is 6.77. The van der Waals surface area contributed by atoms with Crippen LogP contribution < -0.4 is 11.5 Å². The average Bonchev–Trinajstić information content (AvgIpc) is 2.97. The number of aromatic hydroxyl groups is 1. The summed E-state index contributed by atoms with van der Waals surface area (Å²) in [5.41, 5.74) is 8.18. The van der Waals surface area contributed by atoms with Crippen LogP contribution >= 0.6 is 0 Å². The van der Waals surface area contributed by atoms with E-state index in [2.05, 4.69) is 20.5 Å². The maximum atomic E-state index is 12.4. The molecule has 256 valence electrons. The number of hydrogen-bond donors (Lipinski definition) is 7. The highest BCUT2D eigenvalue weighted by Gasteiger charge is 2.29. The highest BCUT2D eigenvalue weighted by Crippen LogP contribution is 2.48. The van der Waals surface area contributed by atoms with Crippen LogP contribution in [0.15, 0.2) is 107 Å². The molecular formula is C26H20N6O13S4. The van der Waals surface area contributed by atoms with Gasteiger partial charge in [-0.3, -0.25) is 18.2 Å². The molecule has 5 aromatic rings. The van der Waals surface area contributed by atoms with Crippen LogP contribution in [0, 0.1) is 0 Å². The second-order valence-electron chi connectivity index (χ2n) is 9.96. The number of nitrogen functional groups attached to an aromatic ring is 2. The molecular weight excluding hydrogens is 733 g/mol. The van der Waals surface area contributed by atoms with E-state index in [1.54, 1.807) is 6.07 Å². The fraction of sp³-hybridized carbons (Fsp3) is 0. The quantitative estimate of drug-likeness (QED) is 0.0642. The monoisotopic (exact) mass is 752 g/mol. The largest absolute Gasteiger partial charge is 0.505 e. The van der Waals surface area contributed by atoms with E-state index >= 15 is 0 Å². The van der Waals surface area contributed by atoms with E-state index in [1.165, 1.54) is 24.3 Å². The summed E-state index contributed by atoms with van der Waals surface area (Å²) in [6.07, 6.45) is 0. The lowest BCUT2D eigenvalue weighted by atomic mass is 10.0. The Labute approximate surface area is 276 Å². The molecule has 0 radical (unpaired) electrons. The maximum absolute atomic E-state index is 12.4. The number of phenols is 1. The number of phenolic OH excluding ortho intramolecular Hbond substituents is 1. The first-order valence-electron chi connectivity index (χ1n) is 12.9. The number of rotatable bonds is 8. The number of fused-ring (bicyclic) bond motifs is 2. The first-order chi connectivity index (χ1) is 22.6. The van der Waals surface area contributed by atoms with E-state index in [0.717, 1.165) is 24.3 Å². The van der Waals surface area contributed by atoms with Crippen LogP contribution in [0.5, 0.6) is 5.75 Å². The maximum Gasteiger partial charge on any atom is 0.297 e. The summed E-state index contributed by atoms with van der Waals surface area (Å²) in [5.74, 6) is -1.29. The molecule has 0 fully saturated rings. The molecule has 0 amide bonds. The zero-order chi connectivity index (χ0) is 36.3. The van der Waals surface area contributed by atoms with E-state index in [4.69, 9.17) is 11.5 Å². The molecule has 0 aliphatic carbocycles. The highest BCUT2D eigenvalue weighted by atomic mass is 32.2.